The predicted octanol–water partition coefficient (Wildman–Crippen LogP) is 2.59. The Morgan fingerprint density at radius 1 is 1.39 bits per heavy atom. The summed E-state index contributed by atoms with van der Waals surface area (Å²) in [4.78, 5) is 37.0. The number of likely N-dealkylation sites (tertiary alicyclic amines) is 1. The number of rotatable bonds is 7. The summed E-state index contributed by atoms with van der Waals surface area (Å²) in [5, 5.41) is 11.6. The minimum atomic E-state index is -4.48. The van der Waals surface area contributed by atoms with Crippen molar-refractivity contribution in [2.45, 2.75) is 38.5 Å². The Morgan fingerprint density at radius 3 is 2.71 bits per heavy atom. The molecule has 28 heavy (non-hydrogen) atoms. The maximum atomic E-state index is 12.8. The van der Waals surface area contributed by atoms with Crippen LogP contribution in [0.25, 0.3) is 0 Å². The molecule has 2 rings (SSSR count). The Hall–Kier alpha value is -2.84. The molecule has 1 saturated heterocycles. The van der Waals surface area contributed by atoms with Crippen LogP contribution in [0.5, 0.6) is 0 Å². The second kappa shape index (κ2) is 8.90. The van der Waals surface area contributed by atoms with E-state index in [1.807, 2.05) is 0 Å². The van der Waals surface area contributed by atoms with E-state index >= 15 is 0 Å². The first-order valence-electron chi connectivity index (χ1n) is 8.70. The molecule has 1 heterocycles. The summed E-state index contributed by atoms with van der Waals surface area (Å²) in [6.45, 7) is 1.70. The highest BCUT2D eigenvalue weighted by molar-refractivity contribution is 5.91. The second-order valence-corrected chi connectivity index (χ2v) is 6.58. The summed E-state index contributed by atoms with van der Waals surface area (Å²) in [5.41, 5.74) is -0.500. The minimum absolute atomic E-state index is 0.0247. The van der Waals surface area contributed by atoms with Gasteiger partial charge in [-0.1, -0.05) is 24.3 Å². The zero-order valence-electron chi connectivity index (χ0n) is 15.2. The van der Waals surface area contributed by atoms with Crippen molar-refractivity contribution >= 4 is 17.8 Å². The Bertz CT molecular complexity index is 777. The van der Waals surface area contributed by atoms with Crippen LogP contribution in [0.15, 0.2) is 36.4 Å². The fourth-order valence-electron chi connectivity index (χ4n) is 2.95. The lowest BCUT2D eigenvalue weighted by Gasteiger charge is -2.19. The van der Waals surface area contributed by atoms with Crippen LogP contribution < -0.4 is 5.32 Å². The van der Waals surface area contributed by atoms with Crippen molar-refractivity contribution in [3.63, 3.8) is 0 Å². The first-order valence-corrected chi connectivity index (χ1v) is 8.70. The molecule has 0 aromatic heterocycles. The van der Waals surface area contributed by atoms with Crippen molar-refractivity contribution in [3.8, 4) is 0 Å². The Morgan fingerprint density at radius 2 is 2.11 bits per heavy atom. The van der Waals surface area contributed by atoms with Gasteiger partial charge < -0.3 is 15.3 Å². The van der Waals surface area contributed by atoms with Crippen molar-refractivity contribution in [2.75, 3.05) is 6.54 Å². The number of benzene rings is 1. The molecule has 1 aliphatic heterocycles. The van der Waals surface area contributed by atoms with Crippen molar-refractivity contribution < 1.29 is 32.7 Å². The maximum absolute atomic E-state index is 12.8. The normalized spacial score (nSPS) is 18.5. The molecule has 0 saturated carbocycles. The van der Waals surface area contributed by atoms with Gasteiger partial charge in [0.2, 0.25) is 11.8 Å². The van der Waals surface area contributed by atoms with Gasteiger partial charge in [-0.3, -0.25) is 9.59 Å². The van der Waals surface area contributed by atoms with Crippen molar-refractivity contribution in [2.24, 2.45) is 5.92 Å². The van der Waals surface area contributed by atoms with Crippen LogP contribution in [0, 0.1) is 5.92 Å². The third-order valence-corrected chi connectivity index (χ3v) is 4.44. The first kappa shape index (κ1) is 21.5. The molecule has 0 radical (unpaired) electrons. The summed E-state index contributed by atoms with van der Waals surface area (Å²) in [6, 6.07) is 3.56. The summed E-state index contributed by atoms with van der Waals surface area (Å²) < 4.78 is 38.4. The number of allylic oxidation sites excluding steroid dienone is 1. The summed E-state index contributed by atoms with van der Waals surface area (Å²) >= 11 is 0. The fraction of sp³-hybridized carbons (Fsp3) is 0.421. The highest BCUT2D eigenvalue weighted by atomic mass is 19.4. The summed E-state index contributed by atoms with van der Waals surface area (Å²) in [5.74, 6) is -2.85. The molecule has 0 bridgehead atoms. The summed E-state index contributed by atoms with van der Waals surface area (Å²) in [6.07, 6.45) is -1.20. The van der Waals surface area contributed by atoms with E-state index in [1.165, 1.54) is 17.0 Å². The lowest BCUT2D eigenvalue weighted by molar-refractivity contribution is -0.142. The molecule has 1 aliphatic rings. The zero-order valence-corrected chi connectivity index (χ0v) is 15.2. The fourth-order valence-corrected chi connectivity index (χ4v) is 2.95. The molecule has 2 unspecified atom stereocenters. The van der Waals surface area contributed by atoms with Crippen molar-refractivity contribution in [3.05, 3.63) is 47.5 Å². The number of halogens is 3. The van der Waals surface area contributed by atoms with Gasteiger partial charge in [0.25, 0.3) is 0 Å². The van der Waals surface area contributed by atoms with Gasteiger partial charge in [-0.2, -0.15) is 13.2 Å². The third kappa shape index (κ3) is 5.58. The molecule has 2 N–H and O–H groups in total. The maximum Gasteiger partial charge on any atom is 0.416 e. The van der Waals surface area contributed by atoms with Crippen LogP contribution in [0.4, 0.5) is 13.2 Å². The van der Waals surface area contributed by atoms with Crippen LogP contribution in [0.3, 0.4) is 0 Å². The zero-order chi connectivity index (χ0) is 20.9. The molecule has 1 aromatic carbocycles. The van der Waals surface area contributed by atoms with Gasteiger partial charge in [0.1, 0.15) is 6.04 Å². The van der Waals surface area contributed by atoms with Gasteiger partial charge in [-0.25, -0.2) is 4.79 Å². The molecule has 9 heteroatoms. The molecule has 6 nitrogen and oxygen atoms in total. The Kier molecular flexibility index (Phi) is 6.82. The highest BCUT2D eigenvalue weighted by Crippen LogP contribution is 2.30. The largest absolute Gasteiger partial charge is 0.480 e. The monoisotopic (exact) mass is 398 g/mol. The number of carboxylic acid groups (broad SMARTS) is 1. The molecular weight excluding hydrogens is 377 g/mol. The van der Waals surface area contributed by atoms with Gasteiger partial charge in [0, 0.05) is 19.5 Å². The van der Waals surface area contributed by atoms with Gasteiger partial charge in [0.15, 0.2) is 0 Å². The van der Waals surface area contributed by atoms with Crippen molar-refractivity contribution in [1.82, 2.24) is 10.2 Å². The second-order valence-electron chi connectivity index (χ2n) is 6.58. The van der Waals surface area contributed by atoms with E-state index in [0.717, 1.165) is 12.1 Å². The minimum Gasteiger partial charge on any atom is -0.480 e. The van der Waals surface area contributed by atoms with E-state index in [1.54, 1.807) is 19.1 Å². The number of carboxylic acids is 1. The molecule has 2 amide bonds. The van der Waals surface area contributed by atoms with E-state index in [2.05, 4.69) is 5.32 Å². The highest BCUT2D eigenvalue weighted by Gasteiger charge is 2.36. The van der Waals surface area contributed by atoms with Crippen LogP contribution in [0.2, 0.25) is 0 Å². The van der Waals surface area contributed by atoms with Gasteiger partial charge in [-0.15, -0.1) is 0 Å². The average molecular weight is 398 g/mol. The van der Waals surface area contributed by atoms with Crippen LogP contribution >= 0.6 is 0 Å². The number of hydrogen-bond donors (Lipinski definition) is 2. The molecule has 1 aromatic rings. The van der Waals surface area contributed by atoms with E-state index in [0.29, 0.717) is 5.56 Å². The number of nitrogens with zero attached hydrogens (tertiary/aromatic N) is 1. The predicted molar refractivity (Wildman–Crippen MR) is 94.0 cm³/mol. The lowest BCUT2D eigenvalue weighted by Crippen LogP contribution is -2.44. The Labute approximate surface area is 160 Å². The van der Waals surface area contributed by atoms with Crippen LogP contribution in [0.1, 0.15) is 30.9 Å². The number of amides is 2. The molecule has 0 aliphatic carbocycles. The van der Waals surface area contributed by atoms with E-state index in [4.69, 9.17) is 5.11 Å². The van der Waals surface area contributed by atoms with E-state index in [-0.39, 0.29) is 31.8 Å². The van der Waals surface area contributed by atoms with Crippen molar-refractivity contribution in [1.29, 1.82) is 0 Å². The van der Waals surface area contributed by atoms with Gasteiger partial charge in [0.05, 0.1) is 11.5 Å². The SMILES string of the molecule is C/C=C/CC(NC(=O)C1CC(=O)N(Cc2cccc(C(F)(F)F)c2)C1)C(=O)O. The van der Waals surface area contributed by atoms with Gasteiger partial charge in [-0.05, 0) is 31.0 Å². The number of aliphatic carboxylic acids is 1. The number of nitrogens with one attached hydrogen (secondary N) is 1. The molecule has 0 spiro atoms. The van der Waals surface area contributed by atoms with Gasteiger partial charge >= 0.3 is 12.1 Å². The third-order valence-electron chi connectivity index (χ3n) is 4.44. The first-order chi connectivity index (χ1) is 13.1. The molecule has 2 atom stereocenters. The molecular formula is C19H21F3N2O4. The van der Waals surface area contributed by atoms with E-state index in [9.17, 15) is 27.6 Å². The number of carbonyl (C=O) groups is 3. The molecule has 1 fully saturated rings. The number of carbonyl (C=O) groups excluding carboxylic acids is 2. The Balaban J connectivity index is 2.01. The number of alkyl halides is 3. The van der Waals surface area contributed by atoms with Crippen LogP contribution in [-0.2, 0) is 27.1 Å². The molecule has 152 valence electrons. The van der Waals surface area contributed by atoms with Crippen LogP contribution in [-0.4, -0.2) is 40.4 Å². The average Bonchev–Trinajstić information content (AvgIpc) is 2.98. The number of hydrogen-bond acceptors (Lipinski definition) is 3. The lowest BCUT2D eigenvalue weighted by atomic mass is 10.1. The summed E-state index contributed by atoms with van der Waals surface area (Å²) in [7, 11) is 0. The topological polar surface area (TPSA) is 86.7 Å². The quantitative estimate of drug-likeness (QED) is 0.692. The standard InChI is InChI=1S/C19H21F3N2O4/c1-2-3-7-15(18(27)28)23-17(26)13-9-16(25)24(11-13)10-12-5-4-6-14(8-12)19(20,21)22/h2-6,8,13,15H,7,9-11H2,1H3,(H,23,26)(H,27,28)/b3-2+. The van der Waals surface area contributed by atoms with E-state index < -0.39 is 35.6 Å². The smallest absolute Gasteiger partial charge is 0.416 e.